The van der Waals surface area contributed by atoms with E-state index in [1.165, 1.54) is 30.1 Å². The van der Waals surface area contributed by atoms with Gasteiger partial charge in [-0.2, -0.15) is 13.2 Å². The molecule has 0 saturated carbocycles. The molecule has 2 aromatic rings. The number of hydrogen-bond acceptors (Lipinski definition) is 5. The van der Waals surface area contributed by atoms with Gasteiger partial charge in [-0.3, -0.25) is 20.4 Å². The largest absolute Gasteiger partial charge is 0.444 e. The van der Waals surface area contributed by atoms with Crippen LogP contribution >= 0.6 is 0 Å². The lowest BCUT2D eigenvalue weighted by atomic mass is 10.1. The molecule has 3 amide bonds. The van der Waals surface area contributed by atoms with E-state index >= 15 is 0 Å². The molecule has 35 heavy (non-hydrogen) atoms. The van der Waals surface area contributed by atoms with Crippen molar-refractivity contribution >= 4 is 29.3 Å². The van der Waals surface area contributed by atoms with E-state index < -0.39 is 41.3 Å². The maximum absolute atomic E-state index is 12.8. The number of para-hydroxylation sites is 1. The molecule has 0 bridgehead atoms. The van der Waals surface area contributed by atoms with Crippen LogP contribution in [0, 0.1) is 0 Å². The van der Waals surface area contributed by atoms with Gasteiger partial charge in [0.15, 0.2) is 0 Å². The van der Waals surface area contributed by atoms with E-state index in [4.69, 9.17) is 4.74 Å². The van der Waals surface area contributed by atoms with Gasteiger partial charge in [0.05, 0.1) is 16.8 Å². The van der Waals surface area contributed by atoms with Crippen molar-refractivity contribution in [2.45, 2.75) is 51.9 Å². The van der Waals surface area contributed by atoms with Gasteiger partial charge in [0.2, 0.25) is 5.91 Å². The minimum absolute atomic E-state index is 0.0958. The van der Waals surface area contributed by atoms with Crippen molar-refractivity contribution in [3.05, 3.63) is 59.7 Å². The number of anilines is 2. The number of nitrogens with one attached hydrogen (secondary N) is 3. The van der Waals surface area contributed by atoms with Gasteiger partial charge >= 0.3 is 12.3 Å². The molecule has 0 saturated heterocycles. The summed E-state index contributed by atoms with van der Waals surface area (Å²) in [5.41, 5.74) is 3.97. The van der Waals surface area contributed by atoms with Crippen LogP contribution in [-0.2, 0) is 15.7 Å². The van der Waals surface area contributed by atoms with Crippen LogP contribution in [0.5, 0.6) is 0 Å². The number of carbonyl (C=O) groups excluding carboxylic acids is 3. The zero-order valence-corrected chi connectivity index (χ0v) is 20.1. The monoisotopic (exact) mass is 494 g/mol. The van der Waals surface area contributed by atoms with Crippen molar-refractivity contribution in [3.8, 4) is 0 Å². The minimum Gasteiger partial charge on any atom is -0.444 e. The molecule has 1 atom stereocenters. The molecule has 2 aromatic carbocycles. The summed E-state index contributed by atoms with van der Waals surface area (Å²) in [5, 5.41) is 2.90. The Morgan fingerprint density at radius 3 is 2.14 bits per heavy atom. The molecule has 190 valence electrons. The summed E-state index contributed by atoms with van der Waals surface area (Å²) in [5.74, 6) is -1.17. The Kier molecular flexibility index (Phi) is 8.72. The number of alkyl halides is 3. The van der Waals surface area contributed by atoms with Crippen molar-refractivity contribution in [2.24, 2.45) is 0 Å². The van der Waals surface area contributed by atoms with Crippen molar-refractivity contribution in [1.82, 2.24) is 15.8 Å². The lowest BCUT2D eigenvalue weighted by molar-refractivity contribution is -0.137. The number of ether oxygens (including phenoxy) is 1. The zero-order chi connectivity index (χ0) is 26.4. The predicted molar refractivity (Wildman–Crippen MR) is 125 cm³/mol. The van der Waals surface area contributed by atoms with Crippen LogP contribution in [0.2, 0.25) is 0 Å². The van der Waals surface area contributed by atoms with Crippen molar-refractivity contribution in [1.29, 1.82) is 0 Å². The number of carbonyl (C=O) groups is 3. The molecule has 0 aromatic heterocycles. The second-order valence-electron chi connectivity index (χ2n) is 8.89. The van der Waals surface area contributed by atoms with Gasteiger partial charge in [-0.1, -0.05) is 12.1 Å². The Bertz CT molecular complexity index is 1050. The summed E-state index contributed by atoms with van der Waals surface area (Å²) in [6.07, 6.45) is -5.13. The summed E-state index contributed by atoms with van der Waals surface area (Å²) >= 11 is 0. The fraction of sp³-hybridized carbons (Fsp3) is 0.375. The first-order valence-corrected chi connectivity index (χ1v) is 10.8. The van der Waals surface area contributed by atoms with Crippen LogP contribution < -0.4 is 16.2 Å². The van der Waals surface area contributed by atoms with Gasteiger partial charge in [-0.15, -0.1) is 0 Å². The third kappa shape index (κ3) is 8.51. The Morgan fingerprint density at radius 2 is 1.57 bits per heavy atom. The second kappa shape index (κ2) is 11.1. The van der Waals surface area contributed by atoms with Gasteiger partial charge in [0.1, 0.15) is 5.60 Å². The maximum atomic E-state index is 12.8. The van der Waals surface area contributed by atoms with E-state index in [2.05, 4.69) is 16.2 Å². The van der Waals surface area contributed by atoms with Crippen molar-refractivity contribution in [3.63, 3.8) is 0 Å². The van der Waals surface area contributed by atoms with E-state index in [1.807, 2.05) is 0 Å². The van der Waals surface area contributed by atoms with Gasteiger partial charge in [0, 0.05) is 25.2 Å². The van der Waals surface area contributed by atoms with Gasteiger partial charge in [0.25, 0.3) is 5.91 Å². The summed E-state index contributed by atoms with van der Waals surface area (Å²) in [7, 11) is 1.51. The van der Waals surface area contributed by atoms with Gasteiger partial charge in [-0.25, -0.2) is 4.79 Å². The smallest absolute Gasteiger partial charge is 0.416 e. The second-order valence-corrected chi connectivity index (χ2v) is 8.89. The molecule has 0 aliphatic heterocycles. The molecule has 0 spiro atoms. The highest BCUT2D eigenvalue weighted by Crippen LogP contribution is 2.30. The summed E-state index contributed by atoms with van der Waals surface area (Å²) < 4.78 is 43.5. The molecule has 8 nitrogen and oxygen atoms in total. The van der Waals surface area contributed by atoms with Crippen molar-refractivity contribution in [2.75, 3.05) is 12.4 Å². The normalized spacial score (nSPS) is 12.3. The Hall–Kier alpha value is -3.76. The first-order chi connectivity index (χ1) is 16.2. The highest BCUT2D eigenvalue weighted by Gasteiger charge is 2.30. The number of hydrazine groups is 1. The van der Waals surface area contributed by atoms with Gasteiger partial charge in [-0.05, 0) is 64.1 Å². The average Bonchev–Trinajstić information content (AvgIpc) is 2.76. The number of amides is 3. The highest BCUT2D eigenvalue weighted by molar-refractivity contribution is 6.01. The molecule has 0 heterocycles. The quantitative estimate of drug-likeness (QED) is 0.499. The first kappa shape index (κ1) is 27.5. The number of hydrogen-bond donors (Lipinski definition) is 3. The maximum Gasteiger partial charge on any atom is 0.416 e. The van der Waals surface area contributed by atoms with E-state index in [-0.39, 0.29) is 12.0 Å². The van der Waals surface area contributed by atoms with E-state index in [0.717, 1.165) is 12.1 Å². The fourth-order valence-electron chi connectivity index (χ4n) is 2.85. The summed E-state index contributed by atoms with van der Waals surface area (Å²) in [6.45, 7) is 6.86. The molecular formula is C24H29F3N4O4. The van der Waals surface area contributed by atoms with Crippen LogP contribution in [0.15, 0.2) is 48.5 Å². The third-order valence-electron chi connectivity index (χ3n) is 4.80. The topological polar surface area (TPSA) is 99.8 Å². The first-order valence-electron chi connectivity index (χ1n) is 10.8. The van der Waals surface area contributed by atoms with E-state index in [9.17, 15) is 27.6 Å². The lowest BCUT2D eigenvalue weighted by Crippen LogP contribution is -2.46. The molecule has 3 N–H and O–H groups in total. The van der Waals surface area contributed by atoms with E-state index in [0.29, 0.717) is 11.4 Å². The average molecular weight is 495 g/mol. The predicted octanol–water partition coefficient (Wildman–Crippen LogP) is 4.86. The van der Waals surface area contributed by atoms with E-state index in [1.54, 1.807) is 45.9 Å². The molecule has 0 aliphatic carbocycles. The van der Waals surface area contributed by atoms with Crippen LogP contribution in [0.4, 0.5) is 29.3 Å². The third-order valence-corrected chi connectivity index (χ3v) is 4.80. The zero-order valence-electron chi connectivity index (χ0n) is 20.1. The standard InChI is InChI=1S/C24H29F3N4O4/c1-15(31(5)22(34)35-23(2,3)4)14-20(32)29-30-21(33)18-8-6-7-9-19(18)28-17-12-10-16(11-13-17)24(25,26)27/h6-13,15,28H,14H2,1-5H3,(H,29,32)(H,30,33). The van der Waals surface area contributed by atoms with Crippen LogP contribution in [0.3, 0.4) is 0 Å². The number of halogens is 3. The number of benzene rings is 2. The molecule has 11 heteroatoms. The Morgan fingerprint density at radius 1 is 0.971 bits per heavy atom. The summed E-state index contributed by atoms with van der Waals surface area (Å²) in [4.78, 5) is 38.3. The molecule has 0 fully saturated rings. The fourth-order valence-corrected chi connectivity index (χ4v) is 2.85. The lowest BCUT2D eigenvalue weighted by Gasteiger charge is -2.28. The minimum atomic E-state index is -4.45. The Labute approximate surface area is 201 Å². The molecular weight excluding hydrogens is 465 g/mol. The summed E-state index contributed by atoms with van der Waals surface area (Å²) in [6, 6.07) is 10.2. The van der Waals surface area contributed by atoms with Crippen molar-refractivity contribution < 1.29 is 32.3 Å². The molecule has 2 rings (SSSR count). The number of rotatable bonds is 6. The highest BCUT2D eigenvalue weighted by atomic mass is 19.4. The van der Waals surface area contributed by atoms with Gasteiger partial charge < -0.3 is 15.0 Å². The SMILES string of the molecule is CC(CC(=O)NNC(=O)c1ccccc1Nc1ccc(C(F)(F)F)cc1)N(C)C(=O)OC(C)(C)C. The molecule has 0 radical (unpaired) electrons. The van der Waals surface area contributed by atoms with Crippen LogP contribution in [0.1, 0.15) is 50.0 Å². The van der Waals surface area contributed by atoms with Crippen LogP contribution in [0.25, 0.3) is 0 Å². The molecule has 0 aliphatic rings. The Balaban J connectivity index is 1.96. The number of nitrogens with zero attached hydrogens (tertiary/aromatic N) is 1. The van der Waals surface area contributed by atoms with Crippen LogP contribution in [-0.4, -0.2) is 41.5 Å². The molecule has 1 unspecified atom stereocenters.